The molecule has 1 atom stereocenters. The van der Waals surface area contributed by atoms with Gasteiger partial charge in [-0.1, -0.05) is 32.0 Å². The highest BCUT2D eigenvalue weighted by Crippen LogP contribution is 2.30. The predicted molar refractivity (Wildman–Crippen MR) is 95.4 cm³/mol. The van der Waals surface area contributed by atoms with Crippen LogP contribution >= 0.6 is 23.1 Å². The van der Waals surface area contributed by atoms with E-state index in [-0.39, 0.29) is 5.56 Å². The molecule has 4 nitrogen and oxygen atoms in total. The van der Waals surface area contributed by atoms with Crippen LogP contribution in [0.25, 0.3) is 10.2 Å². The molecule has 1 N–H and O–H groups in total. The van der Waals surface area contributed by atoms with Gasteiger partial charge in [0.15, 0.2) is 5.16 Å². The lowest BCUT2D eigenvalue weighted by atomic mass is 9.98. The molecule has 122 valence electrons. The fraction of sp³-hybridized carbons (Fsp3) is 0.625. The number of nitrogens with zero attached hydrogens (tertiary/aromatic N) is 1. The molecule has 0 saturated heterocycles. The Kier molecular flexibility index (Phi) is 6.47. The molecule has 0 aliphatic rings. The zero-order valence-corrected chi connectivity index (χ0v) is 15.3. The van der Waals surface area contributed by atoms with Crippen LogP contribution in [0, 0.1) is 12.8 Å². The molecule has 0 aliphatic carbocycles. The van der Waals surface area contributed by atoms with E-state index in [2.05, 4.69) is 30.7 Å². The molecule has 0 fully saturated rings. The van der Waals surface area contributed by atoms with Crippen molar-refractivity contribution in [3.05, 3.63) is 20.8 Å². The molecule has 6 heteroatoms. The average molecular weight is 341 g/mol. The zero-order valence-electron chi connectivity index (χ0n) is 13.7. The van der Waals surface area contributed by atoms with Gasteiger partial charge in [0.2, 0.25) is 0 Å². The Balaban J connectivity index is 2.27. The van der Waals surface area contributed by atoms with E-state index in [1.165, 1.54) is 22.2 Å². The maximum atomic E-state index is 12.5. The summed E-state index contributed by atoms with van der Waals surface area (Å²) >= 11 is 3.17. The second kappa shape index (κ2) is 8.13. The molecule has 2 aromatic heterocycles. The third-order valence-electron chi connectivity index (χ3n) is 3.76. The normalized spacial score (nSPS) is 12.9. The van der Waals surface area contributed by atoms with Crippen molar-refractivity contribution in [1.29, 1.82) is 0 Å². The van der Waals surface area contributed by atoms with Gasteiger partial charge in [0.1, 0.15) is 4.83 Å². The van der Waals surface area contributed by atoms with Gasteiger partial charge in [-0.2, -0.15) is 0 Å². The van der Waals surface area contributed by atoms with Crippen LogP contribution in [0.15, 0.2) is 9.95 Å². The van der Waals surface area contributed by atoms with E-state index >= 15 is 0 Å². The Morgan fingerprint density at radius 1 is 1.41 bits per heavy atom. The van der Waals surface area contributed by atoms with Crippen LogP contribution in [0.5, 0.6) is 0 Å². The van der Waals surface area contributed by atoms with E-state index < -0.39 is 0 Å². The minimum absolute atomic E-state index is 0.00781. The number of aromatic nitrogens is 2. The summed E-state index contributed by atoms with van der Waals surface area (Å²) in [5.74, 6) is 1.38. The molecule has 0 bridgehead atoms. The first-order valence-corrected chi connectivity index (χ1v) is 9.59. The SMILES string of the molecule is CCOCCSc1nc2sc(C)c(CC(C)CC)c2c(=O)[nH]1. The standard InChI is InChI=1S/C16H24N2O2S2/c1-5-10(3)9-12-11(4)22-15-13(12)14(19)17-16(18-15)21-8-7-20-6-2/h10H,5-9H2,1-4H3,(H,17,18,19). The second-order valence-corrected chi connectivity index (χ2v) is 7.74. The van der Waals surface area contributed by atoms with Crippen LogP contribution in [-0.4, -0.2) is 28.9 Å². The highest BCUT2D eigenvalue weighted by atomic mass is 32.2. The fourth-order valence-corrected chi connectivity index (χ4v) is 4.13. The number of fused-ring (bicyclic) bond motifs is 1. The molecule has 2 heterocycles. The van der Waals surface area contributed by atoms with Gasteiger partial charge < -0.3 is 9.72 Å². The predicted octanol–water partition coefficient (Wildman–Crippen LogP) is 4.01. The summed E-state index contributed by atoms with van der Waals surface area (Å²) in [5, 5.41) is 1.48. The molecule has 1 unspecified atom stereocenters. The van der Waals surface area contributed by atoms with Crippen molar-refractivity contribution in [2.45, 2.75) is 45.7 Å². The summed E-state index contributed by atoms with van der Waals surface area (Å²) in [6.07, 6.45) is 2.07. The summed E-state index contributed by atoms with van der Waals surface area (Å²) in [4.78, 5) is 22.1. The monoisotopic (exact) mass is 340 g/mol. The third-order valence-corrected chi connectivity index (χ3v) is 5.64. The van der Waals surface area contributed by atoms with Gasteiger partial charge in [0.05, 0.1) is 12.0 Å². The van der Waals surface area contributed by atoms with Crippen LogP contribution in [0.4, 0.5) is 0 Å². The number of thioether (sulfide) groups is 1. The highest BCUT2D eigenvalue weighted by molar-refractivity contribution is 7.99. The van der Waals surface area contributed by atoms with Gasteiger partial charge in [0.25, 0.3) is 5.56 Å². The van der Waals surface area contributed by atoms with Crippen LogP contribution in [0.2, 0.25) is 0 Å². The minimum Gasteiger partial charge on any atom is -0.381 e. The smallest absolute Gasteiger partial charge is 0.260 e. The van der Waals surface area contributed by atoms with Gasteiger partial charge in [-0.25, -0.2) is 4.98 Å². The van der Waals surface area contributed by atoms with Crippen LogP contribution in [0.3, 0.4) is 0 Å². The Bertz CT molecular complexity index is 679. The molecule has 0 amide bonds. The maximum Gasteiger partial charge on any atom is 0.260 e. The van der Waals surface area contributed by atoms with Gasteiger partial charge in [-0.05, 0) is 31.7 Å². The molecule has 0 aliphatic heterocycles. The van der Waals surface area contributed by atoms with E-state index in [0.29, 0.717) is 24.3 Å². The van der Waals surface area contributed by atoms with E-state index in [4.69, 9.17) is 4.74 Å². The van der Waals surface area contributed by atoms with Gasteiger partial charge >= 0.3 is 0 Å². The van der Waals surface area contributed by atoms with E-state index in [1.54, 1.807) is 11.3 Å². The Morgan fingerprint density at radius 2 is 2.18 bits per heavy atom. The maximum absolute atomic E-state index is 12.5. The largest absolute Gasteiger partial charge is 0.381 e. The summed E-state index contributed by atoms with van der Waals surface area (Å²) in [6.45, 7) is 9.86. The lowest BCUT2D eigenvalue weighted by molar-refractivity contribution is 0.164. The lowest BCUT2D eigenvalue weighted by Gasteiger charge is -2.08. The van der Waals surface area contributed by atoms with Crippen molar-refractivity contribution >= 4 is 33.3 Å². The number of nitrogens with one attached hydrogen (secondary N) is 1. The van der Waals surface area contributed by atoms with Crippen molar-refractivity contribution in [2.75, 3.05) is 19.0 Å². The second-order valence-electron chi connectivity index (χ2n) is 5.45. The number of aromatic amines is 1. The number of H-pyrrole nitrogens is 1. The van der Waals surface area contributed by atoms with Gasteiger partial charge in [0, 0.05) is 17.2 Å². The molecule has 0 saturated carbocycles. The number of rotatable bonds is 8. The molecular weight excluding hydrogens is 316 g/mol. The van der Waals surface area contributed by atoms with Crippen molar-refractivity contribution in [3.8, 4) is 0 Å². The minimum atomic E-state index is -0.00781. The number of ether oxygens (including phenoxy) is 1. The molecule has 22 heavy (non-hydrogen) atoms. The van der Waals surface area contributed by atoms with Crippen molar-refractivity contribution in [1.82, 2.24) is 9.97 Å². The number of hydrogen-bond acceptors (Lipinski definition) is 5. The summed E-state index contributed by atoms with van der Waals surface area (Å²) in [7, 11) is 0. The first kappa shape index (κ1) is 17.5. The third kappa shape index (κ3) is 4.12. The first-order valence-electron chi connectivity index (χ1n) is 7.79. The summed E-state index contributed by atoms with van der Waals surface area (Å²) < 4.78 is 5.31. The number of aryl methyl sites for hydroxylation is 1. The van der Waals surface area contributed by atoms with Gasteiger partial charge in [-0.15, -0.1) is 11.3 Å². The fourth-order valence-electron chi connectivity index (χ4n) is 2.30. The quantitative estimate of drug-likeness (QED) is 0.448. The molecule has 2 aromatic rings. The first-order chi connectivity index (χ1) is 10.6. The van der Waals surface area contributed by atoms with E-state index in [9.17, 15) is 4.79 Å². The number of hydrogen-bond donors (Lipinski definition) is 1. The molecule has 0 radical (unpaired) electrons. The van der Waals surface area contributed by atoms with Crippen LogP contribution in [-0.2, 0) is 11.2 Å². The van der Waals surface area contributed by atoms with E-state index in [1.807, 2.05) is 6.92 Å². The van der Waals surface area contributed by atoms with Crippen molar-refractivity contribution < 1.29 is 4.74 Å². The van der Waals surface area contributed by atoms with Crippen molar-refractivity contribution in [3.63, 3.8) is 0 Å². The topological polar surface area (TPSA) is 55.0 Å². The molecule has 2 rings (SSSR count). The highest BCUT2D eigenvalue weighted by Gasteiger charge is 2.16. The average Bonchev–Trinajstić information content (AvgIpc) is 2.80. The van der Waals surface area contributed by atoms with Gasteiger partial charge in [-0.3, -0.25) is 4.79 Å². The van der Waals surface area contributed by atoms with E-state index in [0.717, 1.165) is 28.8 Å². The van der Waals surface area contributed by atoms with Crippen molar-refractivity contribution in [2.24, 2.45) is 5.92 Å². The van der Waals surface area contributed by atoms with Crippen LogP contribution < -0.4 is 5.56 Å². The Labute approximate surface area is 139 Å². The Hall–Kier alpha value is -0.850. The number of thiophene rings is 1. The lowest BCUT2D eigenvalue weighted by Crippen LogP contribution is -2.11. The van der Waals surface area contributed by atoms with Crippen LogP contribution in [0.1, 0.15) is 37.6 Å². The summed E-state index contributed by atoms with van der Waals surface area (Å²) in [6, 6.07) is 0. The summed E-state index contributed by atoms with van der Waals surface area (Å²) in [5.41, 5.74) is 1.17. The molecule has 0 aromatic carbocycles. The zero-order chi connectivity index (χ0) is 16.1. The molecular formula is C16H24N2O2S2. The molecule has 0 spiro atoms. The Morgan fingerprint density at radius 3 is 2.86 bits per heavy atom.